The molecule has 0 bridgehead atoms. The molecule has 0 saturated carbocycles. The molecule has 2 aromatic carbocycles. The van der Waals surface area contributed by atoms with Crippen LogP contribution in [-0.4, -0.2) is 11.5 Å². The van der Waals surface area contributed by atoms with Crippen LogP contribution in [0, 0.1) is 0 Å². The quantitative estimate of drug-likeness (QED) is 0.773. The summed E-state index contributed by atoms with van der Waals surface area (Å²) in [6.07, 6.45) is -4.71. The Bertz CT molecular complexity index is 694. The highest BCUT2D eigenvalue weighted by Gasteiger charge is 2.31. The molecule has 0 aromatic heterocycles. The van der Waals surface area contributed by atoms with Crippen molar-refractivity contribution in [3.8, 4) is 5.75 Å². The molecular formula is C15H12ClF3N2OS. The van der Waals surface area contributed by atoms with Gasteiger partial charge >= 0.3 is 6.36 Å². The zero-order valence-electron chi connectivity index (χ0n) is 11.7. The monoisotopic (exact) mass is 360 g/mol. The topological polar surface area (TPSA) is 33.3 Å². The molecule has 0 fully saturated rings. The van der Waals surface area contributed by atoms with Crippen LogP contribution in [0.3, 0.4) is 0 Å². The zero-order chi connectivity index (χ0) is 16.9. The maximum atomic E-state index is 12.2. The number of benzene rings is 2. The molecule has 0 spiro atoms. The molecule has 0 aliphatic carbocycles. The van der Waals surface area contributed by atoms with Crippen molar-refractivity contribution in [2.24, 2.45) is 0 Å². The second kappa shape index (κ2) is 7.52. The van der Waals surface area contributed by atoms with Crippen molar-refractivity contribution in [3.63, 3.8) is 0 Å². The molecule has 0 aliphatic rings. The number of halogens is 4. The molecule has 0 heterocycles. The third-order valence-electron chi connectivity index (χ3n) is 2.67. The van der Waals surface area contributed by atoms with Crippen LogP contribution in [0.2, 0.25) is 5.02 Å². The van der Waals surface area contributed by atoms with E-state index in [0.29, 0.717) is 21.4 Å². The van der Waals surface area contributed by atoms with Crippen LogP contribution < -0.4 is 15.4 Å². The van der Waals surface area contributed by atoms with Crippen molar-refractivity contribution < 1.29 is 17.9 Å². The Labute approximate surface area is 141 Å². The Morgan fingerprint density at radius 1 is 1.13 bits per heavy atom. The smallest absolute Gasteiger partial charge is 0.406 e. The number of rotatable bonds is 4. The highest BCUT2D eigenvalue weighted by molar-refractivity contribution is 7.80. The van der Waals surface area contributed by atoms with E-state index in [4.69, 9.17) is 23.8 Å². The van der Waals surface area contributed by atoms with E-state index in [9.17, 15) is 13.2 Å². The lowest BCUT2D eigenvalue weighted by Crippen LogP contribution is -2.27. The first-order chi connectivity index (χ1) is 10.8. The number of alkyl halides is 3. The van der Waals surface area contributed by atoms with Crippen LogP contribution in [0.15, 0.2) is 48.5 Å². The summed E-state index contributed by atoms with van der Waals surface area (Å²) in [4.78, 5) is 0. The van der Waals surface area contributed by atoms with Crippen LogP contribution in [0.1, 0.15) is 5.56 Å². The Morgan fingerprint density at radius 2 is 1.87 bits per heavy atom. The number of nitrogens with one attached hydrogen (secondary N) is 2. The van der Waals surface area contributed by atoms with Gasteiger partial charge in [-0.2, -0.15) is 0 Å². The van der Waals surface area contributed by atoms with E-state index >= 15 is 0 Å². The SMILES string of the molecule is FC(F)(F)Oc1cccc(CNC(=S)Nc2cccc(Cl)c2)c1. The molecule has 2 rings (SSSR count). The van der Waals surface area contributed by atoms with E-state index in [2.05, 4.69) is 15.4 Å². The van der Waals surface area contributed by atoms with Crippen LogP contribution in [0.25, 0.3) is 0 Å². The van der Waals surface area contributed by atoms with E-state index in [1.165, 1.54) is 18.2 Å². The first kappa shape index (κ1) is 17.4. The van der Waals surface area contributed by atoms with Crippen molar-refractivity contribution in [1.29, 1.82) is 0 Å². The van der Waals surface area contributed by atoms with Gasteiger partial charge in [-0.3, -0.25) is 0 Å². The van der Waals surface area contributed by atoms with Gasteiger partial charge in [0, 0.05) is 17.3 Å². The lowest BCUT2D eigenvalue weighted by molar-refractivity contribution is -0.274. The normalized spacial score (nSPS) is 11.0. The predicted molar refractivity (Wildman–Crippen MR) is 87.6 cm³/mol. The largest absolute Gasteiger partial charge is 0.573 e. The van der Waals surface area contributed by atoms with Crippen molar-refractivity contribution in [2.75, 3.05) is 5.32 Å². The molecule has 0 amide bonds. The van der Waals surface area contributed by atoms with Gasteiger partial charge in [-0.15, -0.1) is 13.2 Å². The van der Waals surface area contributed by atoms with E-state index < -0.39 is 6.36 Å². The molecule has 0 unspecified atom stereocenters. The van der Waals surface area contributed by atoms with E-state index in [1.807, 2.05) is 0 Å². The van der Waals surface area contributed by atoms with Crippen LogP contribution in [0.4, 0.5) is 18.9 Å². The lowest BCUT2D eigenvalue weighted by Gasteiger charge is -2.12. The molecule has 3 nitrogen and oxygen atoms in total. The Morgan fingerprint density at radius 3 is 2.57 bits per heavy atom. The van der Waals surface area contributed by atoms with Gasteiger partial charge in [0.1, 0.15) is 5.75 Å². The standard InChI is InChI=1S/C15H12ClF3N2OS/c16-11-4-2-5-12(8-11)21-14(23)20-9-10-3-1-6-13(7-10)22-15(17,18)19/h1-8H,9H2,(H2,20,21,23). The minimum Gasteiger partial charge on any atom is -0.406 e. The third kappa shape index (κ3) is 6.33. The summed E-state index contributed by atoms with van der Waals surface area (Å²) in [7, 11) is 0. The third-order valence-corrected chi connectivity index (χ3v) is 3.15. The molecular weight excluding hydrogens is 349 g/mol. The molecule has 8 heteroatoms. The molecule has 23 heavy (non-hydrogen) atoms. The van der Waals surface area contributed by atoms with Gasteiger partial charge in [-0.05, 0) is 48.1 Å². The van der Waals surface area contributed by atoms with Gasteiger partial charge in [-0.1, -0.05) is 29.8 Å². The Balaban J connectivity index is 1.90. The van der Waals surface area contributed by atoms with Crippen molar-refractivity contribution in [2.45, 2.75) is 12.9 Å². The van der Waals surface area contributed by atoms with Crippen LogP contribution in [-0.2, 0) is 6.54 Å². The average molecular weight is 361 g/mol. The zero-order valence-corrected chi connectivity index (χ0v) is 13.2. The first-order valence-electron chi connectivity index (χ1n) is 6.47. The summed E-state index contributed by atoms with van der Waals surface area (Å²) in [5.41, 5.74) is 1.31. The number of anilines is 1. The molecule has 2 N–H and O–H groups in total. The van der Waals surface area contributed by atoms with Gasteiger partial charge in [0.25, 0.3) is 0 Å². The van der Waals surface area contributed by atoms with Gasteiger partial charge < -0.3 is 15.4 Å². The van der Waals surface area contributed by atoms with Crippen LogP contribution in [0.5, 0.6) is 5.75 Å². The molecule has 0 aliphatic heterocycles. The maximum Gasteiger partial charge on any atom is 0.573 e. The Kier molecular flexibility index (Phi) is 5.68. The number of hydrogen-bond acceptors (Lipinski definition) is 2. The summed E-state index contributed by atoms with van der Waals surface area (Å²) in [5.74, 6) is -0.273. The highest BCUT2D eigenvalue weighted by Crippen LogP contribution is 2.23. The fraction of sp³-hybridized carbons (Fsp3) is 0.133. The molecule has 0 radical (unpaired) electrons. The van der Waals surface area contributed by atoms with Crippen molar-refractivity contribution in [1.82, 2.24) is 5.32 Å². The average Bonchev–Trinajstić information content (AvgIpc) is 2.44. The van der Waals surface area contributed by atoms with Gasteiger partial charge in [0.2, 0.25) is 0 Å². The van der Waals surface area contributed by atoms with E-state index in [0.717, 1.165) is 0 Å². The Hall–Kier alpha value is -1.99. The van der Waals surface area contributed by atoms with Crippen molar-refractivity contribution in [3.05, 3.63) is 59.1 Å². The second-order valence-corrected chi connectivity index (χ2v) is 5.36. The maximum absolute atomic E-state index is 12.2. The molecule has 0 saturated heterocycles. The van der Waals surface area contributed by atoms with Gasteiger partial charge in [0.15, 0.2) is 5.11 Å². The minimum absolute atomic E-state index is 0.251. The summed E-state index contributed by atoms with van der Waals surface area (Å²) in [6, 6.07) is 12.7. The summed E-state index contributed by atoms with van der Waals surface area (Å²) in [6.45, 7) is 0.251. The van der Waals surface area contributed by atoms with E-state index in [-0.39, 0.29) is 12.3 Å². The van der Waals surface area contributed by atoms with Crippen molar-refractivity contribution >= 4 is 34.6 Å². The number of ether oxygens (including phenoxy) is 1. The summed E-state index contributed by atoms with van der Waals surface area (Å²) in [5, 5.41) is 6.72. The minimum atomic E-state index is -4.71. The highest BCUT2D eigenvalue weighted by atomic mass is 35.5. The van der Waals surface area contributed by atoms with Gasteiger partial charge in [0.05, 0.1) is 0 Å². The van der Waals surface area contributed by atoms with Crippen LogP contribution >= 0.6 is 23.8 Å². The molecule has 2 aromatic rings. The molecule has 122 valence electrons. The van der Waals surface area contributed by atoms with E-state index in [1.54, 1.807) is 30.3 Å². The fourth-order valence-corrected chi connectivity index (χ4v) is 2.16. The first-order valence-corrected chi connectivity index (χ1v) is 7.25. The number of hydrogen-bond donors (Lipinski definition) is 2. The molecule has 0 atom stereocenters. The lowest BCUT2D eigenvalue weighted by atomic mass is 10.2. The van der Waals surface area contributed by atoms with Gasteiger partial charge in [-0.25, -0.2) is 0 Å². The number of thiocarbonyl (C=S) groups is 1. The summed E-state index contributed by atoms with van der Waals surface area (Å²) < 4.78 is 40.4. The second-order valence-electron chi connectivity index (χ2n) is 4.51. The summed E-state index contributed by atoms with van der Waals surface area (Å²) >= 11 is 11.0. The predicted octanol–water partition coefficient (Wildman–Crippen LogP) is 4.73. The fourth-order valence-electron chi connectivity index (χ4n) is 1.78.